The van der Waals surface area contributed by atoms with Crippen LogP contribution in [0.15, 0.2) is 29.5 Å². The first-order valence-electron chi connectivity index (χ1n) is 8.16. The molecular weight excluding hydrogens is 306 g/mol. The van der Waals surface area contributed by atoms with E-state index in [1.54, 1.807) is 0 Å². The molecule has 0 fully saturated rings. The van der Waals surface area contributed by atoms with Crippen molar-refractivity contribution in [3.8, 4) is 0 Å². The summed E-state index contributed by atoms with van der Waals surface area (Å²) < 4.78 is 1.93. The fourth-order valence-corrected chi connectivity index (χ4v) is 3.37. The van der Waals surface area contributed by atoms with Gasteiger partial charge in [-0.25, -0.2) is 0 Å². The van der Waals surface area contributed by atoms with Gasteiger partial charge in [-0.2, -0.15) is 5.10 Å². The van der Waals surface area contributed by atoms with Gasteiger partial charge >= 0.3 is 0 Å². The molecule has 5 nitrogen and oxygen atoms in total. The van der Waals surface area contributed by atoms with Crippen LogP contribution < -0.4 is 10.6 Å². The van der Waals surface area contributed by atoms with Crippen molar-refractivity contribution in [2.75, 3.05) is 13.1 Å². The first-order chi connectivity index (χ1) is 11.1. The van der Waals surface area contributed by atoms with Gasteiger partial charge in [0.2, 0.25) is 0 Å². The third kappa shape index (κ3) is 6.06. The van der Waals surface area contributed by atoms with E-state index in [1.807, 2.05) is 35.3 Å². The average Bonchev–Trinajstić information content (AvgIpc) is 3.08. The van der Waals surface area contributed by atoms with Crippen molar-refractivity contribution in [3.05, 3.63) is 39.8 Å². The second kappa shape index (κ2) is 8.72. The summed E-state index contributed by atoms with van der Waals surface area (Å²) in [6.45, 7) is 10.8. The van der Waals surface area contributed by atoms with E-state index in [4.69, 9.17) is 0 Å². The molecule has 0 bridgehead atoms. The maximum Gasteiger partial charge on any atom is 0.191 e. The number of aliphatic imine (C=N–C) groups is 1. The molecule has 1 atom stereocenters. The number of hydrogen-bond donors (Lipinski definition) is 2. The number of nitrogens with one attached hydrogen (secondary N) is 2. The summed E-state index contributed by atoms with van der Waals surface area (Å²) in [4.78, 5) is 7.41. The Morgan fingerprint density at radius 3 is 2.83 bits per heavy atom. The lowest BCUT2D eigenvalue weighted by atomic mass is 10.2. The van der Waals surface area contributed by atoms with Crippen molar-refractivity contribution in [3.63, 3.8) is 0 Å². The number of thiophene rings is 1. The van der Waals surface area contributed by atoms with Gasteiger partial charge < -0.3 is 10.6 Å². The fraction of sp³-hybridized carbons (Fsp3) is 0.529. The fourth-order valence-electron chi connectivity index (χ4n) is 2.35. The topological polar surface area (TPSA) is 54.2 Å². The van der Waals surface area contributed by atoms with Crippen LogP contribution in [-0.2, 0) is 13.0 Å². The zero-order valence-corrected chi connectivity index (χ0v) is 15.3. The Morgan fingerprint density at radius 2 is 2.22 bits per heavy atom. The van der Waals surface area contributed by atoms with Crippen LogP contribution in [0.25, 0.3) is 0 Å². The molecule has 0 amide bonds. The molecule has 2 heterocycles. The van der Waals surface area contributed by atoms with E-state index < -0.39 is 0 Å². The van der Waals surface area contributed by atoms with Crippen LogP contribution in [0.1, 0.15) is 29.2 Å². The Balaban J connectivity index is 1.85. The normalized spacial score (nSPS) is 13.1. The summed E-state index contributed by atoms with van der Waals surface area (Å²) in [6.07, 6.45) is 4.93. The van der Waals surface area contributed by atoms with Crippen LogP contribution in [-0.4, -0.2) is 34.9 Å². The van der Waals surface area contributed by atoms with Crippen molar-refractivity contribution in [2.45, 2.75) is 46.7 Å². The predicted octanol–water partition coefficient (Wildman–Crippen LogP) is 2.75. The molecular formula is C17H27N5S. The molecule has 2 aromatic heterocycles. The molecule has 0 aliphatic heterocycles. The highest BCUT2D eigenvalue weighted by atomic mass is 32.1. The summed E-state index contributed by atoms with van der Waals surface area (Å²) in [5.74, 6) is 0.872. The predicted molar refractivity (Wildman–Crippen MR) is 98.3 cm³/mol. The third-order valence-electron chi connectivity index (χ3n) is 3.39. The van der Waals surface area contributed by atoms with E-state index in [0.717, 1.165) is 25.5 Å². The van der Waals surface area contributed by atoms with Crippen LogP contribution in [0.4, 0.5) is 0 Å². The van der Waals surface area contributed by atoms with Crippen LogP contribution in [0.2, 0.25) is 0 Å². The third-order valence-corrected chi connectivity index (χ3v) is 4.42. The smallest absolute Gasteiger partial charge is 0.191 e. The van der Waals surface area contributed by atoms with Crippen molar-refractivity contribution in [1.29, 1.82) is 0 Å². The zero-order chi connectivity index (χ0) is 16.7. The summed E-state index contributed by atoms with van der Waals surface area (Å²) in [5, 5.41) is 11.1. The summed E-state index contributed by atoms with van der Waals surface area (Å²) in [7, 11) is 0. The van der Waals surface area contributed by atoms with Gasteiger partial charge in [-0.3, -0.25) is 9.67 Å². The van der Waals surface area contributed by atoms with Crippen molar-refractivity contribution in [1.82, 2.24) is 20.4 Å². The summed E-state index contributed by atoms with van der Waals surface area (Å²) in [6, 6.07) is 4.73. The van der Waals surface area contributed by atoms with Gasteiger partial charge in [-0.1, -0.05) is 0 Å². The molecule has 6 heteroatoms. The van der Waals surface area contributed by atoms with Crippen molar-refractivity contribution >= 4 is 17.3 Å². The summed E-state index contributed by atoms with van der Waals surface area (Å²) >= 11 is 1.86. The Morgan fingerprint density at radius 1 is 1.39 bits per heavy atom. The number of aromatic nitrogens is 2. The second-order valence-corrected chi connectivity index (χ2v) is 7.18. The maximum absolute atomic E-state index is 4.64. The highest BCUT2D eigenvalue weighted by molar-refractivity contribution is 7.11. The molecule has 2 N–H and O–H groups in total. The highest BCUT2D eigenvalue weighted by Crippen LogP contribution is 2.16. The molecule has 0 spiro atoms. The van der Waals surface area contributed by atoms with E-state index in [1.165, 1.54) is 15.3 Å². The molecule has 0 aromatic carbocycles. The van der Waals surface area contributed by atoms with Gasteiger partial charge in [0.25, 0.3) is 0 Å². The lowest BCUT2D eigenvalue weighted by Crippen LogP contribution is -2.43. The molecule has 0 aliphatic rings. The Hall–Kier alpha value is -1.82. The summed E-state index contributed by atoms with van der Waals surface area (Å²) in [5.41, 5.74) is 1.18. The van der Waals surface area contributed by atoms with Gasteiger partial charge in [0.05, 0.1) is 19.3 Å². The van der Waals surface area contributed by atoms with Gasteiger partial charge in [-0.15, -0.1) is 11.3 Å². The standard InChI is InChI=1S/C17H27N5S/c1-5-18-17(19-8-9-22-12-13(2)11-20-22)21-14(3)10-16-7-6-15(4)23-16/h6-7,11-12,14H,5,8-10H2,1-4H3,(H2,18,19,21). The second-order valence-electron chi connectivity index (χ2n) is 5.80. The Kier molecular flexibility index (Phi) is 6.65. The Labute approximate surface area is 142 Å². The van der Waals surface area contributed by atoms with Crippen LogP contribution in [0, 0.1) is 13.8 Å². The minimum absolute atomic E-state index is 0.345. The van der Waals surface area contributed by atoms with Gasteiger partial charge in [0.1, 0.15) is 0 Å². The van der Waals surface area contributed by atoms with Crippen LogP contribution >= 0.6 is 11.3 Å². The number of guanidine groups is 1. The largest absolute Gasteiger partial charge is 0.357 e. The SMILES string of the molecule is CCNC(=NCCn1cc(C)cn1)NC(C)Cc1ccc(C)s1. The molecule has 0 saturated heterocycles. The zero-order valence-electron chi connectivity index (χ0n) is 14.5. The molecule has 0 saturated carbocycles. The number of aryl methyl sites for hydroxylation is 2. The Bertz CT molecular complexity index is 628. The first kappa shape index (κ1) is 17.5. The van der Waals surface area contributed by atoms with Gasteiger partial charge in [0.15, 0.2) is 5.96 Å². The first-order valence-corrected chi connectivity index (χ1v) is 8.97. The molecule has 0 radical (unpaired) electrons. The minimum atomic E-state index is 0.345. The lowest BCUT2D eigenvalue weighted by molar-refractivity contribution is 0.612. The quantitative estimate of drug-likeness (QED) is 0.605. The lowest BCUT2D eigenvalue weighted by Gasteiger charge is -2.17. The number of hydrogen-bond acceptors (Lipinski definition) is 3. The monoisotopic (exact) mass is 333 g/mol. The van der Waals surface area contributed by atoms with Crippen LogP contribution in [0.3, 0.4) is 0 Å². The minimum Gasteiger partial charge on any atom is -0.357 e. The van der Waals surface area contributed by atoms with Crippen molar-refractivity contribution in [2.24, 2.45) is 4.99 Å². The number of rotatable bonds is 7. The van der Waals surface area contributed by atoms with E-state index in [0.29, 0.717) is 12.6 Å². The van der Waals surface area contributed by atoms with E-state index >= 15 is 0 Å². The van der Waals surface area contributed by atoms with Crippen molar-refractivity contribution < 1.29 is 0 Å². The van der Waals surface area contributed by atoms with Gasteiger partial charge in [0, 0.05) is 35.0 Å². The molecule has 2 rings (SSSR count). The maximum atomic E-state index is 4.64. The highest BCUT2D eigenvalue weighted by Gasteiger charge is 2.07. The molecule has 126 valence electrons. The molecule has 0 aliphatic carbocycles. The van der Waals surface area contributed by atoms with Gasteiger partial charge in [-0.05, 0) is 45.4 Å². The van der Waals surface area contributed by atoms with E-state index in [9.17, 15) is 0 Å². The molecule has 1 unspecified atom stereocenters. The van der Waals surface area contributed by atoms with Crippen LogP contribution in [0.5, 0.6) is 0 Å². The number of nitrogens with zero attached hydrogens (tertiary/aromatic N) is 3. The average molecular weight is 334 g/mol. The van der Waals surface area contributed by atoms with E-state index in [-0.39, 0.29) is 0 Å². The molecule has 2 aromatic rings. The molecule has 23 heavy (non-hydrogen) atoms. The van der Waals surface area contributed by atoms with E-state index in [2.05, 4.69) is 53.6 Å².